The quantitative estimate of drug-likeness (QED) is 0.00964. The van der Waals surface area contributed by atoms with E-state index in [1.54, 1.807) is 85.8 Å². The summed E-state index contributed by atoms with van der Waals surface area (Å²) in [7, 11) is -6.86. The first-order valence-electron chi connectivity index (χ1n) is 43.6. The first-order valence-corrected chi connectivity index (χ1v) is 44.8. The molecule has 12 rings (SSSR count). The van der Waals surface area contributed by atoms with E-state index in [-0.39, 0.29) is 187 Å². The van der Waals surface area contributed by atoms with Gasteiger partial charge in [0.1, 0.15) is 79.3 Å². The maximum atomic E-state index is 12.5. The van der Waals surface area contributed by atoms with Gasteiger partial charge >= 0.3 is 48.9 Å². The summed E-state index contributed by atoms with van der Waals surface area (Å²) in [6.45, 7) is 14.2. The molecule has 0 aliphatic carbocycles. The highest BCUT2D eigenvalue weighted by Gasteiger charge is 2.45. The van der Waals surface area contributed by atoms with Crippen LogP contribution in [0.3, 0.4) is 0 Å². The van der Waals surface area contributed by atoms with Gasteiger partial charge in [0.05, 0.1) is 45.4 Å². The molecule has 0 saturated heterocycles. The van der Waals surface area contributed by atoms with E-state index in [1.165, 1.54) is 61.5 Å². The Morgan fingerprint density at radius 1 is 0.391 bits per heavy atom. The lowest BCUT2D eigenvalue weighted by Crippen LogP contribution is -2.36. The minimum atomic E-state index is -4.42. The third kappa shape index (κ3) is 33.5. The molecule has 6 N–H and O–H groups in total. The van der Waals surface area contributed by atoms with Crippen molar-refractivity contribution in [3.8, 4) is 40.6 Å². The van der Waals surface area contributed by atoms with E-state index in [0.29, 0.717) is 125 Å². The van der Waals surface area contributed by atoms with Crippen molar-refractivity contribution in [1.29, 1.82) is 5.26 Å². The van der Waals surface area contributed by atoms with Crippen LogP contribution in [-0.2, 0) is 76.9 Å². The molecule has 0 amide bonds. The van der Waals surface area contributed by atoms with Crippen LogP contribution in [0.25, 0.3) is 0 Å². The highest BCUT2D eigenvalue weighted by molar-refractivity contribution is 6.50. The molecule has 0 aromatic heterocycles. The molecule has 0 saturated carbocycles. The number of halogens is 6. The van der Waals surface area contributed by atoms with E-state index in [9.17, 15) is 110 Å². The van der Waals surface area contributed by atoms with Crippen molar-refractivity contribution >= 4 is 158 Å². The van der Waals surface area contributed by atoms with Crippen LogP contribution in [0.4, 0.5) is 13.2 Å². The van der Waals surface area contributed by atoms with Crippen LogP contribution in [0.15, 0.2) is 121 Å². The fraction of sp³-hybridized carbons (Fsp3) is 0.436. The van der Waals surface area contributed by atoms with Crippen LogP contribution in [-0.4, -0.2) is 164 Å². The van der Waals surface area contributed by atoms with Crippen molar-refractivity contribution in [3.63, 3.8) is 0 Å². The Morgan fingerprint density at radius 3 is 0.880 bits per heavy atom. The number of nitrogens with zero attached hydrogens (tertiary/aromatic N) is 1. The molecule has 39 heteroatoms. The maximum absolute atomic E-state index is 12.5. The zero-order valence-electron chi connectivity index (χ0n) is 75.7. The van der Waals surface area contributed by atoms with Crippen molar-refractivity contribution in [2.24, 2.45) is 5.92 Å². The summed E-state index contributed by atoms with van der Waals surface area (Å²) in [5.41, 5.74) is 8.54. The molecule has 0 bridgehead atoms. The second-order valence-electron chi connectivity index (χ2n) is 34.2. The molecule has 6 aromatic carbocycles. The third-order valence-corrected chi connectivity index (χ3v) is 23.5. The Morgan fingerprint density at radius 2 is 0.639 bits per heavy atom. The summed E-state index contributed by atoms with van der Waals surface area (Å²) < 4.78 is 69.4. The summed E-state index contributed by atoms with van der Waals surface area (Å²) in [6, 6.07) is 33.3. The molecule has 7 atom stereocenters. The van der Waals surface area contributed by atoms with Crippen LogP contribution >= 0.6 is 34.8 Å². The highest BCUT2D eigenvalue weighted by Crippen LogP contribution is 2.44. The van der Waals surface area contributed by atoms with Crippen molar-refractivity contribution in [2.45, 2.75) is 256 Å². The van der Waals surface area contributed by atoms with E-state index < -0.39 is 77.2 Å². The molecule has 0 fully saturated rings. The second kappa shape index (κ2) is 51.3. The molecular formula is C94H107B6Cl3F3NO26. The molecule has 704 valence electrons. The summed E-state index contributed by atoms with van der Waals surface area (Å²) in [6.07, 6.45) is 2.31. The lowest BCUT2D eigenvalue weighted by Gasteiger charge is -2.28. The molecule has 0 spiro atoms. The fourth-order valence-corrected chi connectivity index (χ4v) is 16.2. The number of alkyl halides is 5. The summed E-state index contributed by atoms with van der Waals surface area (Å²) >= 11 is 17.1. The summed E-state index contributed by atoms with van der Waals surface area (Å²) in [5.74, 6) is -3.30. The van der Waals surface area contributed by atoms with Gasteiger partial charge in [-0.3, -0.25) is 57.5 Å². The fourth-order valence-electron chi connectivity index (χ4n) is 15.8. The van der Waals surface area contributed by atoms with E-state index in [1.807, 2.05) is 36.4 Å². The topological polar surface area (TPSA) is 440 Å². The van der Waals surface area contributed by atoms with Crippen molar-refractivity contribution in [2.75, 3.05) is 0 Å². The predicted molar refractivity (Wildman–Crippen MR) is 496 cm³/mol. The zero-order valence-corrected chi connectivity index (χ0v) is 77.9. The number of benzene rings is 6. The number of hydrogen-bond donors (Lipinski definition) is 6. The monoisotopic (exact) mass is 1890 g/mol. The molecule has 27 nitrogen and oxygen atoms in total. The standard InChI is InChI=1S/C17H21BO5.C16H19BCl2O4.C16H18BF3O4.C16H19BO5.C15H16BNO4.C14H14BClO4/c1-11(19)5-3-7-15(21)10-14-9-13-6-4-8-16(12(2)20)17(13)23-18(14)22;1-10(20)14-5-3-4-11-8-12(17(22)23-15(11)14)9-13(21)6-7-16(2,18)19;1-9(16(18,19)20)6-13(22)8-12-7-11-4-3-5-14(10(2)21)15(11)24-17(12)23;1-10(18)6-7-14(20)9-13-8-12-4-3-5-15(11(2)19)16(12)22-17(13)21;1-10(18)14-6-2-4-11-8-12(16(20)21-15(11)14)9-13(19)5-3-7-17;1-9(17)13-4-2-3-10-7-11(8-12(18)5-6-16)15(19)20-14(10)13/h4,6,8,14,22H,3,5,7,9-10H2,1-2H3;3-5,12,22H,6-9H2,1-2H3;3-5,9,12,23H,6-8H2,1-2H3;3-5,13,21H,6-9H2,1-2H3;2,4,6,12,20H,3,5,8-9H2,1H3;2-6,11,19H,7-8H2,1H3/b;;;;;6-5+/t14-;12-;9?,12-;13-;12-;11-/m111111/s1. The first kappa shape index (κ1) is 110. The number of nitriles is 1. The molecule has 6 aliphatic heterocycles. The molecule has 6 aliphatic rings. The van der Waals surface area contributed by atoms with Gasteiger partial charge in [-0.15, -0.1) is 23.2 Å². The molecule has 0 radical (unpaired) electrons. The normalized spacial score (nSPS) is 17.3. The van der Waals surface area contributed by atoms with E-state index >= 15 is 0 Å². The lowest BCUT2D eigenvalue weighted by atomic mass is 9.64. The van der Waals surface area contributed by atoms with Crippen LogP contribution in [0.2, 0.25) is 34.9 Å². The average Bonchev–Trinajstić information content (AvgIpc) is 0.822. The number of carbonyl (C=O) groups is 14. The Hall–Kier alpha value is -10.5. The van der Waals surface area contributed by atoms with Gasteiger partial charge < -0.3 is 67.7 Å². The van der Waals surface area contributed by atoms with Crippen molar-refractivity contribution in [1.82, 2.24) is 0 Å². The molecular weight excluding hydrogens is 1790 g/mol. The van der Waals surface area contributed by atoms with Gasteiger partial charge in [-0.1, -0.05) is 91.3 Å². The van der Waals surface area contributed by atoms with Gasteiger partial charge in [-0.2, -0.15) is 18.4 Å². The average molecular weight is 1900 g/mol. The van der Waals surface area contributed by atoms with Gasteiger partial charge in [-0.05, 0) is 190 Å². The zero-order chi connectivity index (χ0) is 98.6. The molecule has 1 unspecified atom stereocenters. The predicted octanol–water partition coefficient (Wildman–Crippen LogP) is 15.6. The number of Topliss-reactive ketones (excluding diaryl/α,β-unsaturated/α-hetero) is 13. The first-order chi connectivity index (χ1) is 62.6. The number of para-hydroxylation sites is 6. The van der Waals surface area contributed by atoms with Gasteiger partial charge in [0.15, 0.2) is 40.5 Å². The van der Waals surface area contributed by atoms with Crippen LogP contribution in [0.5, 0.6) is 34.5 Å². The van der Waals surface area contributed by atoms with Crippen molar-refractivity contribution < 1.29 is 138 Å². The van der Waals surface area contributed by atoms with Gasteiger partial charge in [0.2, 0.25) is 0 Å². The highest BCUT2D eigenvalue weighted by atomic mass is 35.5. The number of allylic oxidation sites excluding steroid dienone is 1. The van der Waals surface area contributed by atoms with Crippen LogP contribution < -0.4 is 27.9 Å². The number of carbonyl (C=O) groups excluding carboxylic acids is 14. The smallest absolute Gasteiger partial charge is 0.526 e. The summed E-state index contributed by atoms with van der Waals surface area (Å²) in [5, 5.41) is 69.0. The van der Waals surface area contributed by atoms with E-state index in [2.05, 4.69) is 0 Å². The number of ketones is 14. The third-order valence-electron chi connectivity index (χ3n) is 23.0. The SMILES string of the molecule is CC(=O)CCC(=O)C[C@H]1Cc2cccc(C(C)=O)c2OB1O.CC(=O)CCCC(=O)C[C@H]1Cc2cccc(C(C)=O)c2OB1O.CC(=O)c1cccc2c1OB(O)[C@@H](CC(=O)/C=C/Cl)C2.CC(=O)c1cccc2c1OB(O)[C@@H](CC(=O)CC(C)C(F)(F)F)C2.CC(=O)c1cccc2c1OB(O)[C@@H](CC(=O)CCC#N)C2.CC(=O)c1cccc2c1OB(O)[C@@H](CC(=O)CCC(C)(Cl)Cl)C2. The minimum absolute atomic E-state index is 0.0173. The Kier molecular flexibility index (Phi) is 42.3. The second-order valence-corrected chi connectivity index (χ2v) is 36.4. The van der Waals surface area contributed by atoms with Crippen LogP contribution in [0.1, 0.15) is 267 Å². The van der Waals surface area contributed by atoms with E-state index in [0.717, 1.165) is 40.3 Å². The maximum Gasteiger partial charge on any atom is 0.526 e. The van der Waals surface area contributed by atoms with Crippen LogP contribution in [0, 0.1) is 17.2 Å². The lowest BCUT2D eigenvalue weighted by molar-refractivity contribution is -0.173. The largest absolute Gasteiger partial charge is 0.535 e. The van der Waals surface area contributed by atoms with Gasteiger partial charge in [0, 0.05) is 130 Å². The van der Waals surface area contributed by atoms with Crippen molar-refractivity contribution in [3.05, 3.63) is 188 Å². The molecule has 6 heterocycles. The Labute approximate surface area is 787 Å². The number of hydrogen-bond acceptors (Lipinski definition) is 27. The Bertz CT molecular complexity index is 5350. The minimum Gasteiger partial charge on any atom is -0.535 e. The van der Waals surface area contributed by atoms with Gasteiger partial charge in [-0.25, -0.2) is 0 Å². The van der Waals surface area contributed by atoms with Gasteiger partial charge in [0.25, 0.3) is 0 Å². The molecule has 133 heavy (non-hydrogen) atoms. The Balaban J connectivity index is 0.000000218. The number of fused-ring (bicyclic) bond motifs is 6. The molecule has 6 aromatic rings. The summed E-state index contributed by atoms with van der Waals surface area (Å²) in [4.78, 5) is 162. The van der Waals surface area contributed by atoms with E-state index in [4.69, 9.17) is 68.0 Å². The number of rotatable bonds is 33.